The fourth-order valence-electron chi connectivity index (χ4n) is 5.80. The lowest BCUT2D eigenvalue weighted by atomic mass is 9.78. The van der Waals surface area contributed by atoms with Gasteiger partial charge in [0.1, 0.15) is 11.6 Å². The quantitative estimate of drug-likeness (QED) is 0.790. The number of carbonyl (C=O) groups is 1. The number of carbonyl (C=O) groups excluding carboxylic acids is 1. The van der Waals surface area contributed by atoms with E-state index in [0.717, 1.165) is 87.3 Å². The van der Waals surface area contributed by atoms with Crippen molar-refractivity contribution < 1.29 is 14.6 Å². The van der Waals surface area contributed by atoms with E-state index >= 15 is 0 Å². The predicted octanol–water partition coefficient (Wildman–Crippen LogP) is 3.88. The summed E-state index contributed by atoms with van der Waals surface area (Å²) >= 11 is 0. The van der Waals surface area contributed by atoms with E-state index in [1.807, 2.05) is 30.5 Å². The molecule has 6 nitrogen and oxygen atoms in total. The number of benzene rings is 1. The van der Waals surface area contributed by atoms with Crippen LogP contribution in [0.5, 0.6) is 5.75 Å². The zero-order valence-electron chi connectivity index (χ0n) is 18.9. The SMILES string of the molecule is COc1ccc(-c2ccc(N3CCC[C@]4(CCN([C@H]5CC[C@H](O)CC5)C4=O)C3)nc2)cc1. The van der Waals surface area contributed by atoms with Crippen LogP contribution in [0, 0.1) is 5.41 Å². The van der Waals surface area contributed by atoms with E-state index in [0.29, 0.717) is 11.9 Å². The molecular formula is C26H33N3O3. The molecule has 1 aliphatic carbocycles. The third-order valence-electron chi connectivity index (χ3n) is 7.72. The van der Waals surface area contributed by atoms with Gasteiger partial charge in [-0.2, -0.15) is 0 Å². The van der Waals surface area contributed by atoms with E-state index in [1.165, 1.54) is 0 Å². The standard InChI is InChI=1S/C26H33N3O3/c1-32-23-10-3-19(4-11-23)20-5-12-24(27-17-20)28-15-2-13-26(18-28)14-16-29(25(26)31)21-6-8-22(30)9-7-21/h3-5,10-12,17,21-22,30H,2,6-9,13-16,18H2,1H3/t21-,22-,26-/m0/s1. The maximum Gasteiger partial charge on any atom is 0.230 e. The molecule has 1 spiro atoms. The highest BCUT2D eigenvalue weighted by molar-refractivity contribution is 5.86. The zero-order chi connectivity index (χ0) is 22.1. The maximum absolute atomic E-state index is 13.5. The summed E-state index contributed by atoms with van der Waals surface area (Å²) in [7, 11) is 1.67. The summed E-state index contributed by atoms with van der Waals surface area (Å²) in [6.07, 6.45) is 8.16. The molecule has 1 amide bonds. The van der Waals surface area contributed by atoms with Gasteiger partial charge in [-0.25, -0.2) is 4.98 Å². The molecular weight excluding hydrogens is 402 g/mol. The van der Waals surface area contributed by atoms with Gasteiger partial charge in [0.2, 0.25) is 5.91 Å². The maximum atomic E-state index is 13.5. The van der Waals surface area contributed by atoms with Gasteiger partial charge in [-0.3, -0.25) is 4.79 Å². The van der Waals surface area contributed by atoms with Crippen molar-refractivity contribution in [1.29, 1.82) is 0 Å². The summed E-state index contributed by atoms with van der Waals surface area (Å²) in [5, 5.41) is 9.83. The second-order valence-corrected chi connectivity index (χ2v) is 9.65. The first kappa shape index (κ1) is 21.3. The summed E-state index contributed by atoms with van der Waals surface area (Å²) in [6, 6.07) is 12.5. The number of amides is 1. The second kappa shape index (κ2) is 8.74. The number of pyridine rings is 1. The topological polar surface area (TPSA) is 65.9 Å². The number of aromatic nitrogens is 1. The molecule has 1 aromatic carbocycles. The average molecular weight is 436 g/mol. The minimum atomic E-state index is -0.273. The zero-order valence-corrected chi connectivity index (χ0v) is 18.9. The Balaban J connectivity index is 1.28. The molecule has 0 unspecified atom stereocenters. The van der Waals surface area contributed by atoms with Gasteiger partial charge in [-0.05, 0) is 74.8 Å². The Labute approximate surface area is 190 Å². The van der Waals surface area contributed by atoms with Crippen LogP contribution < -0.4 is 9.64 Å². The van der Waals surface area contributed by atoms with Crippen molar-refractivity contribution in [3.8, 4) is 16.9 Å². The van der Waals surface area contributed by atoms with Crippen LogP contribution in [0.15, 0.2) is 42.6 Å². The highest BCUT2D eigenvalue weighted by atomic mass is 16.5. The lowest BCUT2D eigenvalue weighted by Gasteiger charge is -2.41. The van der Waals surface area contributed by atoms with Crippen LogP contribution in [-0.4, -0.2) is 59.8 Å². The van der Waals surface area contributed by atoms with Crippen molar-refractivity contribution in [2.24, 2.45) is 5.41 Å². The summed E-state index contributed by atoms with van der Waals surface area (Å²) in [4.78, 5) is 22.7. The van der Waals surface area contributed by atoms with Gasteiger partial charge in [-0.15, -0.1) is 0 Å². The molecule has 5 rings (SSSR count). The van der Waals surface area contributed by atoms with E-state index in [9.17, 15) is 9.90 Å². The minimum Gasteiger partial charge on any atom is -0.497 e. The first-order valence-corrected chi connectivity index (χ1v) is 11.9. The molecule has 3 heterocycles. The Morgan fingerprint density at radius 2 is 1.75 bits per heavy atom. The van der Waals surface area contributed by atoms with Gasteiger partial charge < -0.3 is 19.6 Å². The number of aliphatic hydroxyl groups excluding tert-OH is 1. The Bertz CT molecular complexity index is 938. The number of hydrogen-bond acceptors (Lipinski definition) is 5. The number of ether oxygens (including phenoxy) is 1. The van der Waals surface area contributed by atoms with Crippen LogP contribution in [-0.2, 0) is 4.79 Å². The first-order valence-electron chi connectivity index (χ1n) is 11.9. The number of rotatable bonds is 4. The summed E-state index contributed by atoms with van der Waals surface area (Å²) in [5.74, 6) is 2.13. The largest absolute Gasteiger partial charge is 0.497 e. The Morgan fingerprint density at radius 1 is 1.00 bits per heavy atom. The van der Waals surface area contributed by atoms with Crippen LogP contribution in [0.25, 0.3) is 11.1 Å². The number of methoxy groups -OCH3 is 1. The van der Waals surface area contributed by atoms with Gasteiger partial charge in [-0.1, -0.05) is 12.1 Å². The fraction of sp³-hybridized carbons (Fsp3) is 0.538. The van der Waals surface area contributed by atoms with E-state index < -0.39 is 0 Å². The van der Waals surface area contributed by atoms with Crippen molar-refractivity contribution in [3.63, 3.8) is 0 Å². The van der Waals surface area contributed by atoms with Crippen molar-refractivity contribution in [1.82, 2.24) is 9.88 Å². The Morgan fingerprint density at radius 3 is 2.44 bits per heavy atom. The highest BCUT2D eigenvalue weighted by Gasteiger charge is 2.50. The average Bonchev–Trinajstić information content (AvgIpc) is 3.15. The molecule has 3 aliphatic rings. The molecule has 170 valence electrons. The molecule has 1 saturated carbocycles. The number of nitrogens with zero attached hydrogens (tertiary/aromatic N) is 3. The third-order valence-corrected chi connectivity index (χ3v) is 7.72. The molecule has 1 N–H and O–H groups in total. The summed E-state index contributed by atoms with van der Waals surface area (Å²) < 4.78 is 5.24. The fourth-order valence-corrected chi connectivity index (χ4v) is 5.80. The van der Waals surface area contributed by atoms with E-state index in [2.05, 4.69) is 21.9 Å². The molecule has 3 fully saturated rings. The summed E-state index contributed by atoms with van der Waals surface area (Å²) in [5.41, 5.74) is 1.91. The minimum absolute atomic E-state index is 0.185. The summed E-state index contributed by atoms with van der Waals surface area (Å²) in [6.45, 7) is 2.56. The third kappa shape index (κ3) is 3.96. The van der Waals surface area contributed by atoms with Crippen LogP contribution in [0.4, 0.5) is 5.82 Å². The molecule has 2 aliphatic heterocycles. The number of hydrogen-bond donors (Lipinski definition) is 1. The van der Waals surface area contributed by atoms with Crippen molar-refractivity contribution in [2.75, 3.05) is 31.6 Å². The smallest absolute Gasteiger partial charge is 0.230 e. The molecule has 2 saturated heterocycles. The first-order chi connectivity index (χ1) is 15.6. The van der Waals surface area contributed by atoms with E-state index in [-0.39, 0.29) is 11.5 Å². The molecule has 0 radical (unpaired) electrons. The Hall–Kier alpha value is -2.60. The Kier molecular flexibility index (Phi) is 5.80. The van der Waals surface area contributed by atoms with Crippen LogP contribution >= 0.6 is 0 Å². The number of anilines is 1. The predicted molar refractivity (Wildman–Crippen MR) is 125 cm³/mol. The number of aliphatic hydroxyl groups is 1. The van der Waals surface area contributed by atoms with Gasteiger partial charge >= 0.3 is 0 Å². The van der Waals surface area contributed by atoms with Gasteiger partial charge in [0, 0.05) is 37.4 Å². The number of piperidine rings is 1. The van der Waals surface area contributed by atoms with Crippen molar-refractivity contribution in [3.05, 3.63) is 42.6 Å². The molecule has 1 aromatic heterocycles. The lowest BCUT2D eigenvalue weighted by molar-refractivity contribution is -0.139. The normalized spacial score (nSPS) is 28.4. The van der Waals surface area contributed by atoms with Gasteiger partial charge in [0.05, 0.1) is 18.6 Å². The molecule has 6 heteroatoms. The highest BCUT2D eigenvalue weighted by Crippen LogP contribution is 2.43. The second-order valence-electron chi connectivity index (χ2n) is 9.65. The molecule has 0 bridgehead atoms. The molecule has 2 aromatic rings. The molecule has 32 heavy (non-hydrogen) atoms. The van der Waals surface area contributed by atoms with Crippen LogP contribution in [0.3, 0.4) is 0 Å². The van der Waals surface area contributed by atoms with Gasteiger partial charge in [0.25, 0.3) is 0 Å². The van der Waals surface area contributed by atoms with Gasteiger partial charge in [0.15, 0.2) is 0 Å². The molecule has 1 atom stereocenters. The number of likely N-dealkylation sites (tertiary alicyclic amines) is 1. The van der Waals surface area contributed by atoms with Crippen LogP contribution in [0.2, 0.25) is 0 Å². The van der Waals surface area contributed by atoms with E-state index in [1.54, 1.807) is 7.11 Å². The van der Waals surface area contributed by atoms with Crippen LogP contribution in [0.1, 0.15) is 44.9 Å². The van der Waals surface area contributed by atoms with E-state index in [4.69, 9.17) is 9.72 Å². The lowest BCUT2D eigenvalue weighted by Crippen LogP contribution is -2.50. The van der Waals surface area contributed by atoms with Crippen molar-refractivity contribution in [2.45, 2.75) is 57.1 Å². The van der Waals surface area contributed by atoms with Crippen molar-refractivity contribution >= 4 is 11.7 Å². The monoisotopic (exact) mass is 435 g/mol.